The molecule has 2 aliphatic heterocycles. The number of nitrogens with zero attached hydrogens (tertiary/aromatic N) is 1. The van der Waals surface area contributed by atoms with Crippen molar-refractivity contribution < 1.29 is 4.74 Å². The summed E-state index contributed by atoms with van der Waals surface area (Å²) >= 11 is 0. The van der Waals surface area contributed by atoms with Crippen LogP contribution in [-0.2, 0) is 4.74 Å². The lowest BCUT2D eigenvalue weighted by atomic mass is 10.1. The van der Waals surface area contributed by atoms with Crippen LogP contribution < -0.4 is 5.32 Å². The lowest BCUT2D eigenvalue weighted by Gasteiger charge is -2.42. The van der Waals surface area contributed by atoms with E-state index in [0.717, 1.165) is 37.7 Å². The number of ether oxygens (including phenoxy) is 1. The number of hydrogen-bond acceptors (Lipinski definition) is 3. The molecule has 1 atom stereocenters. The van der Waals surface area contributed by atoms with Gasteiger partial charge < -0.3 is 15.0 Å². The Bertz CT molecular complexity index is 307. The smallest absolute Gasteiger partial charge is 0.142 e. The maximum Gasteiger partial charge on any atom is 0.142 e. The summed E-state index contributed by atoms with van der Waals surface area (Å²) < 4.78 is 5.73. The SMILES string of the molecule is C=CC1=C(/C=C\C)OCC2CNCCN12. The number of rotatable bonds is 2. The van der Waals surface area contributed by atoms with Crippen LogP contribution in [0.1, 0.15) is 6.92 Å². The Balaban J connectivity index is 2.28. The molecule has 1 saturated heterocycles. The highest BCUT2D eigenvalue weighted by Gasteiger charge is 2.29. The van der Waals surface area contributed by atoms with Gasteiger partial charge in [0.2, 0.25) is 0 Å². The summed E-state index contributed by atoms with van der Waals surface area (Å²) in [4.78, 5) is 2.39. The van der Waals surface area contributed by atoms with Crippen molar-refractivity contribution in [1.82, 2.24) is 10.2 Å². The molecule has 3 heteroatoms. The lowest BCUT2D eigenvalue weighted by molar-refractivity contribution is 0.0722. The highest BCUT2D eigenvalue weighted by molar-refractivity contribution is 5.29. The minimum Gasteiger partial charge on any atom is -0.489 e. The van der Waals surface area contributed by atoms with E-state index in [0.29, 0.717) is 6.04 Å². The Morgan fingerprint density at radius 1 is 1.60 bits per heavy atom. The summed E-state index contributed by atoms with van der Waals surface area (Å²) in [5.41, 5.74) is 1.13. The molecule has 2 aliphatic rings. The normalized spacial score (nSPS) is 26.5. The Kier molecular flexibility index (Phi) is 3.11. The third-order valence-electron chi connectivity index (χ3n) is 2.85. The fourth-order valence-corrected chi connectivity index (χ4v) is 2.13. The second-order valence-corrected chi connectivity index (χ2v) is 3.82. The van der Waals surface area contributed by atoms with Gasteiger partial charge in [-0.2, -0.15) is 0 Å². The number of nitrogens with one attached hydrogen (secondary N) is 1. The summed E-state index contributed by atoms with van der Waals surface area (Å²) in [6.07, 6.45) is 5.91. The average molecular weight is 206 g/mol. The van der Waals surface area contributed by atoms with Gasteiger partial charge >= 0.3 is 0 Å². The van der Waals surface area contributed by atoms with Crippen LogP contribution in [0.2, 0.25) is 0 Å². The van der Waals surface area contributed by atoms with Crippen molar-refractivity contribution >= 4 is 0 Å². The zero-order valence-electron chi connectivity index (χ0n) is 9.20. The standard InChI is InChI=1S/C12H18N2O/c1-3-5-12-11(4-2)14-7-6-13-8-10(14)9-15-12/h3-5,10,13H,2,6-9H2,1H3/b5-3-. The van der Waals surface area contributed by atoms with Gasteiger partial charge in [0.15, 0.2) is 0 Å². The molecule has 1 fully saturated rings. The van der Waals surface area contributed by atoms with Crippen molar-refractivity contribution in [3.63, 3.8) is 0 Å². The number of piperazine rings is 1. The molecule has 0 aromatic rings. The van der Waals surface area contributed by atoms with Gasteiger partial charge in [-0.05, 0) is 19.1 Å². The van der Waals surface area contributed by atoms with Crippen LogP contribution in [0.25, 0.3) is 0 Å². The molecule has 3 nitrogen and oxygen atoms in total. The second-order valence-electron chi connectivity index (χ2n) is 3.82. The van der Waals surface area contributed by atoms with E-state index in [-0.39, 0.29) is 0 Å². The summed E-state index contributed by atoms with van der Waals surface area (Å²) in [5.74, 6) is 0.950. The molecule has 2 rings (SSSR count). The van der Waals surface area contributed by atoms with Crippen molar-refractivity contribution in [2.24, 2.45) is 0 Å². The van der Waals surface area contributed by atoms with Crippen molar-refractivity contribution in [1.29, 1.82) is 0 Å². The molecule has 0 radical (unpaired) electrons. The van der Waals surface area contributed by atoms with Gasteiger partial charge in [-0.15, -0.1) is 0 Å². The van der Waals surface area contributed by atoms with Crippen LogP contribution >= 0.6 is 0 Å². The molecule has 0 saturated carbocycles. The van der Waals surface area contributed by atoms with Crippen molar-refractivity contribution in [3.05, 3.63) is 36.3 Å². The fourth-order valence-electron chi connectivity index (χ4n) is 2.13. The molecule has 1 unspecified atom stereocenters. The molecular weight excluding hydrogens is 188 g/mol. The van der Waals surface area contributed by atoms with E-state index in [1.54, 1.807) is 0 Å². The fraction of sp³-hybridized carbons (Fsp3) is 0.500. The van der Waals surface area contributed by atoms with Gasteiger partial charge in [-0.1, -0.05) is 12.7 Å². The van der Waals surface area contributed by atoms with Gasteiger partial charge in [-0.25, -0.2) is 0 Å². The monoisotopic (exact) mass is 206 g/mol. The van der Waals surface area contributed by atoms with Gasteiger partial charge in [-0.3, -0.25) is 0 Å². The van der Waals surface area contributed by atoms with Crippen molar-refractivity contribution in [2.75, 3.05) is 26.2 Å². The number of hydrogen-bond donors (Lipinski definition) is 1. The molecule has 0 aromatic heterocycles. The topological polar surface area (TPSA) is 24.5 Å². The molecule has 0 aromatic carbocycles. The third-order valence-corrected chi connectivity index (χ3v) is 2.85. The van der Waals surface area contributed by atoms with Crippen LogP contribution in [0, 0.1) is 0 Å². The summed E-state index contributed by atoms with van der Waals surface area (Å²) in [6.45, 7) is 9.72. The number of fused-ring (bicyclic) bond motifs is 1. The first kappa shape index (κ1) is 10.3. The third kappa shape index (κ3) is 1.92. The van der Waals surface area contributed by atoms with E-state index >= 15 is 0 Å². The maximum absolute atomic E-state index is 5.73. The van der Waals surface area contributed by atoms with E-state index in [4.69, 9.17) is 4.74 Å². The molecular formula is C12H18N2O. The van der Waals surface area contributed by atoms with Crippen molar-refractivity contribution in [2.45, 2.75) is 13.0 Å². The highest BCUT2D eigenvalue weighted by atomic mass is 16.5. The minimum atomic E-state index is 0.459. The Morgan fingerprint density at radius 3 is 3.20 bits per heavy atom. The average Bonchev–Trinajstić information content (AvgIpc) is 2.29. The van der Waals surface area contributed by atoms with E-state index in [1.807, 2.05) is 25.2 Å². The molecule has 2 heterocycles. The second kappa shape index (κ2) is 4.53. The number of allylic oxidation sites excluding steroid dienone is 3. The molecule has 1 N–H and O–H groups in total. The molecule has 0 bridgehead atoms. The predicted molar refractivity (Wildman–Crippen MR) is 61.4 cm³/mol. The molecule has 15 heavy (non-hydrogen) atoms. The van der Waals surface area contributed by atoms with E-state index in [2.05, 4.69) is 16.8 Å². The van der Waals surface area contributed by atoms with Crippen LogP contribution in [-0.4, -0.2) is 37.2 Å². The molecule has 0 amide bonds. The van der Waals surface area contributed by atoms with Gasteiger partial charge in [0.05, 0.1) is 11.7 Å². The summed E-state index contributed by atoms with van der Waals surface area (Å²) in [7, 11) is 0. The van der Waals surface area contributed by atoms with E-state index in [1.165, 1.54) is 0 Å². The molecule has 82 valence electrons. The summed E-state index contributed by atoms with van der Waals surface area (Å²) in [6, 6.07) is 0.459. The van der Waals surface area contributed by atoms with Crippen molar-refractivity contribution in [3.8, 4) is 0 Å². The Labute approximate surface area is 91.1 Å². The molecule has 0 aliphatic carbocycles. The van der Waals surface area contributed by atoms with Gasteiger partial charge in [0.1, 0.15) is 12.4 Å². The lowest BCUT2D eigenvalue weighted by Crippen LogP contribution is -2.54. The summed E-state index contributed by atoms with van der Waals surface area (Å²) in [5, 5.41) is 3.38. The highest BCUT2D eigenvalue weighted by Crippen LogP contribution is 2.24. The Morgan fingerprint density at radius 2 is 2.47 bits per heavy atom. The maximum atomic E-state index is 5.73. The first-order chi connectivity index (χ1) is 7.36. The predicted octanol–water partition coefficient (Wildman–Crippen LogP) is 1.26. The van der Waals surface area contributed by atoms with Crippen LogP contribution in [0.5, 0.6) is 0 Å². The first-order valence-electron chi connectivity index (χ1n) is 5.46. The van der Waals surface area contributed by atoms with Crippen LogP contribution in [0.4, 0.5) is 0 Å². The Hall–Kier alpha value is -1.22. The van der Waals surface area contributed by atoms with E-state index < -0.39 is 0 Å². The quantitative estimate of drug-likeness (QED) is 0.736. The largest absolute Gasteiger partial charge is 0.489 e. The first-order valence-corrected chi connectivity index (χ1v) is 5.46. The zero-order chi connectivity index (χ0) is 10.7. The zero-order valence-corrected chi connectivity index (χ0v) is 9.20. The van der Waals surface area contributed by atoms with Gasteiger partial charge in [0, 0.05) is 19.6 Å². The molecule has 0 spiro atoms. The van der Waals surface area contributed by atoms with Crippen LogP contribution in [0.3, 0.4) is 0 Å². The van der Waals surface area contributed by atoms with E-state index in [9.17, 15) is 0 Å². The van der Waals surface area contributed by atoms with Gasteiger partial charge in [0.25, 0.3) is 0 Å². The minimum absolute atomic E-state index is 0.459. The van der Waals surface area contributed by atoms with Crippen LogP contribution in [0.15, 0.2) is 36.3 Å².